The number of nitrogens with zero attached hydrogens (tertiary/aromatic N) is 1. The lowest BCUT2D eigenvalue weighted by molar-refractivity contribution is 0.281. The van der Waals surface area contributed by atoms with E-state index in [0.29, 0.717) is 0 Å². The molecule has 0 aliphatic rings. The van der Waals surface area contributed by atoms with Crippen LogP contribution in [0.1, 0.15) is 30.9 Å². The third-order valence-electron chi connectivity index (χ3n) is 4.33. The third-order valence-corrected chi connectivity index (χ3v) is 4.33. The Labute approximate surface area is 141 Å². The molecule has 0 atom stereocenters. The molecule has 0 bridgehead atoms. The Hall–Kier alpha value is -1.80. The molecule has 0 radical (unpaired) electrons. The highest BCUT2D eigenvalue weighted by Gasteiger charge is 2.03. The second-order valence-corrected chi connectivity index (χ2v) is 5.98. The fourth-order valence-electron chi connectivity index (χ4n) is 2.88. The van der Waals surface area contributed by atoms with Gasteiger partial charge in [-0.25, -0.2) is 0 Å². The van der Waals surface area contributed by atoms with Gasteiger partial charge in [0.25, 0.3) is 0 Å². The highest BCUT2D eigenvalue weighted by Crippen LogP contribution is 2.13. The van der Waals surface area contributed by atoms with E-state index in [1.807, 2.05) is 12.1 Å². The molecule has 0 saturated heterocycles. The molecule has 124 valence electrons. The number of ether oxygens (including phenoxy) is 1. The normalized spacial score (nSPS) is 10.9. The van der Waals surface area contributed by atoms with E-state index in [1.54, 1.807) is 7.11 Å². The molecule has 0 spiro atoms. The average molecular weight is 311 g/mol. The predicted molar refractivity (Wildman–Crippen MR) is 98.2 cm³/mol. The van der Waals surface area contributed by atoms with Crippen LogP contribution in [0.5, 0.6) is 5.75 Å². The van der Waals surface area contributed by atoms with Gasteiger partial charge in [0, 0.05) is 0 Å². The van der Waals surface area contributed by atoms with Crippen LogP contribution in [0.25, 0.3) is 0 Å². The number of methoxy groups -OCH3 is 1. The minimum atomic E-state index is 0.935. The Morgan fingerprint density at radius 3 is 1.87 bits per heavy atom. The van der Waals surface area contributed by atoms with Crippen molar-refractivity contribution in [2.45, 2.75) is 32.6 Å². The molecule has 0 fully saturated rings. The highest BCUT2D eigenvalue weighted by molar-refractivity contribution is 5.27. The molecule has 2 nitrogen and oxygen atoms in total. The van der Waals surface area contributed by atoms with Gasteiger partial charge in [-0.3, -0.25) is 0 Å². The van der Waals surface area contributed by atoms with Crippen LogP contribution in [-0.4, -0.2) is 31.6 Å². The van der Waals surface area contributed by atoms with Gasteiger partial charge in [-0.1, -0.05) is 49.4 Å². The standard InChI is InChI=1S/C21H29NO/c1-3-22(17-7-11-19-9-5-4-6-10-19)18-8-12-20-13-15-21(23-2)16-14-20/h4-6,9-10,13-16H,3,7-8,11-12,17-18H2,1-2H3. The van der Waals surface area contributed by atoms with E-state index >= 15 is 0 Å². The lowest BCUT2D eigenvalue weighted by Gasteiger charge is -2.20. The zero-order valence-corrected chi connectivity index (χ0v) is 14.5. The fourth-order valence-corrected chi connectivity index (χ4v) is 2.88. The van der Waals surface area contributed by atoms with E-state index in [2.05, 4.69) is 54.3 Å². The maximum Gasteiger partial charge on any atom is 0.118 e. The molecular weight excluding hydrogens is 282 g/mol. The Morgan fingerprint density at radius 1 is 0.783 bits per heavy atom. The van der Waals surface area contributed by atoms with Crippen molar-refractivity contribution in [1.29, 1.82) is 0 Å². The smallest absolute Gasteiger partial charge is 0.118 e. The summed E-state index contributed by atoms with van der Waals surface area (Å²) in [5.74, 6) is 0.935. The van der Waals surface area contributed by atoms with E-state index in [9.17, 15) is 0 Å². The topological polar surface area (TPSA) is 12.5 Å². The second-order valence-electron chi connectivity index (χ2n) is 5.98. The Bertz CT molecular complexity index is 536. The van der Waals surface area contributed by atoms with Crippen molar-refractivity contribution in [3.05, 3.63) is 65.7 Å². The van der Waals surface area contributed by atoms with Gasteiger partial charge >= 0.3 is 0 Å². The summed E-state index contributed by atoms with van der Waals surface area (Å²) in [5.41, 5.74) is 2.84. The van der Waals surface area contributed by atoms with Gasteiger partial charge in [0.15, 0.2) is 0 Å². The zero-order valence-electron chi connectivity index (χ0n) is 14.5. The first-order valence-corrected chi connectivity index (χ1v) is 8.71. The first kappa shape index (κ1) is 17.6. The number of rotatable bonds is 10. The summed E-state index contributed by atoms with van der Waals surface area (Å²) in [5, 5.41) is 0. The summed E-state index contributed by atoms with van der Waals surface area (Å²) in [7, 11) is 1.71. The van der Waals surface area contributed by atoms with Crippen LogP contribution < -0.4 is 4.74 Å². The predicted octanol–water partition coefficient (Wildman–Crippen LogP) is 4.58. The SMILES string of the molecule is CCN(CCCc1ccccc1)CCCc1ccc(OC)cc1. The van der Waals surface area contributed by atoms with Gasteiger partial charge in [-0.15, -0.1) is 0 Å². The fraction of sp³-hybridized carbons (Fsp3) is 0.429. The molecule has 0 unspecified atom stereocenters. The van der Waals surface area contributed by atoms with Gasteiger partial charge < -0.3 is 9.64 Å². The lowest BCUT2D eigenvalue weighted by atomic mass is 10.1. The maximum absolute atomic E-state index is 5.20. The Kier molecular flexibility index (Phi) is 7.68. The van der Waals surface area contributed by atoms with E-state index in [-0.39, 0.29) is 0 Å². The summed E-state index contributed by atoms with van der Waals surface area (Å²) in [4.78, 5) is 2.56. The van der Waals surface area contributed by atoms with Crippen molar-refractivity contribution >= 4 is 0 Å². The van der Waals surface area contributed by atoms with Gasteiger partial charge in [0.1, 0.15) is 5.75 Å². The first-order valence-electron chi connectivity index (χ1n) is 8.71. The second kappa shape index (κ2) is 10.1. The third kappa shape index (κ3) is 6.45. The van der Waals surface area contributed by atoms with Crippen molar-refractivity contribution in [3.63, 3.8) is 0 Å². The molecule has 0 saturated carbocycles. The van der Waals surface area contributed by atoms with Crippen LogP contribution in [0.2, 0.25) is 0 Å². The molecule has 2 aromatic rings. The average Bonchev–Trinajstić information content (AvgIpc) is 2.62. The number of hydrogen-bond acceptors (Lipinski definition) is 2. The van der Waals surface area contributed by atoms with Crippen molar-refractivity contribution < 1.29 is 4.74 Å². The zero-order chi connectivity index (χ0) is 16.3. The molecule has 0 aliphatic heterocycles. The summed E-state index contributed by atoms with van der Waals surface area (Å²) < 4.78 is 5.20. The summed E-state index contributed by atoms with van der Waals surface area (Å²) >= 11 is 0. The van der Waals surface area contributed by atoms with E-state index < -0.39 is 0 Å². The number of aryl methyl sites for hydroxylation is 2. The number of hydrogen-bond donors (Lipinski definition) is 0. The van der Waals surface area contributed by atoms with Gasteiger partial charge in [-0.2, -0.15) is 0 Å². The van der Waals surface area contributed by atoms with Gasteiger partial charge in [-0.05, 0) is 68.6 Å². The van der Waals surface area contributed by atoms with Crippen molar-refractivity contribution in [2.75, 3.05) is 26.7 Å². The molecule has 0 amide bonds. The molecular formula is C21H29NO. The van der Waals surface area contributed by atoms with Crippen LogP contribution in [0, 0.1) is 0 Å². The Balaban J connectivity index is 1.65. The van der Waals surface area contributed by atoms with E-state index in [0.717, 1.165) is 18.7 Å². The Morgan fingerprint density at radius 2 is 1.35 bits per heavy atom. The minimum absolute atomic E-state index is 0.935. The molecule has 2 heteroatoms. The van der Waals surface area contributed by atoms with Crippen molar-refractivity contribution in [3.8, 4) is 5.75 Å². The van der Waals surface area contributed by atoms with Gasteiger partial charge in [0.05, 0.1) is 7.11 Å². The van der Waals surface area contributed by atoms with Crippen molar-refractivity contribution in [1.82, 2.24) is 4.90 Å². The molecule has 0 N–H and O–H groups in total. The van der Waals surface area contributed by atoms with Crippen LogP contribution in [0.3, 0.4) is 0 Å². The van der Waals surface area contributed by atoms with Crippen LogP contribution in [0.4, 0.5) is 0 Å². The summed E-state index contributed by atoms with van der Waals surface area (Å²) in [6.45, 7) is 5.76. The quantitative estimate of drug-likeness (QED) is 0.636. The monoisotopic (exact) mass is 311 g/mol. The largest absolute Gasteiger partial charge is 0.497 e. The van der Waals surface area contributed by atoms with Crippen LogP contribution >= 0.6 is 0 Å². The summed E-state index contributed by atoms with van der Waals surface area (Å²) in [6, 6.07) is 19.2. The molecule has 0 heterocycles. The molecule has 0 aromatic heterocycles. The van der Waals surface area contributed by atoms with Crippen LogP contribution in [-0.2, 0) is 12.8 Å². The number of benzene rings is 2. The molecule has 23 heavy (non-hydrogen) atoms. The van der Waals surface area contributed by atoms with E-state index in [1.165, 1.54) is 43.5 Å². The molecule has 2 aromatic carbocycles. The summed E-state index contributed by atoms with van der Waals surface area (Å²) in [6.07, 6.45) is 4.76. The minimum Gasteiger partial charge on any atom is -0.497 e. The molecule has 2 rings (SSSR count). The van der Waals surface area contributed by atoms with E-state index in [4.69, 9.17) is 4.74 Å². The van der Waals surface area contributed by atoms with Crippen molar-refractivity contribution in [2.24, 2.45) is 0 Å². The van der Waals surface area contributed by atoms with Crippen LogP contribution in [0.15, 0.2) is 54.6 Å². The first-order chi connectivity index (χ1) is 11.3. The lowest BCUT2D eigenvalue weighted by Crippen LogP contribution is -2.26. The highest BCUT2D eigenvalue weighted by atomic mass is 16.5. The molecule has 0 aliphatic carbocycles. The van der Waals surface area contributed by atoms with Gasteiger partial charge in [0.2, 0.25) is 0 Å². The maximum atomic E-state index is 5.20.